The summed E-state index contributed by atoms with van der Waals surface area (Å²) in [5, 5.41) is 3.31. The summed E-state index contributed by atoms with van der Waals surface area (Å²) in [6, 6.07) is 6.83. The van der Waals surface area contributed by atoms with Gasteiger partial charge in [-0.1, -0.05) is 12.1 Å². The van der Waals surface area contributed by atoms with Crippen molar-refractivity contribution in [3.8, 4) is 0 Å². The van der Waals surface area contributed by atoms with Crippen LogP contribution in [-0.2, 0) is 10.3 Å². The van der Waals surface area contributed by atoms with Gasteiger partial charge in [-0.2, -0.15) is 0 Å². The van der Waals surface area contributed by atoms with E-state index in [9.17, 15) is 4.39 Å². The smallest absolute Gasteiger partial charge is 0.123 e. The molecule has 0 aromatic heterocycles. The maximum Gasteiger partial charge on any atom is 0.123 e. The van der Waals surface area contributed by atoms with Crippen LogP contribution in [0.2, 0.25) is 0 Å². The van der Waals surface area contributed by atoms with Crippen molar-refractivity contribution in [2.75, 3.05) is 20.3 Å². The molecule has 0 atom stereocenters. The second kappa shape index (κ2) is 4.29. The highest BCUT2D eigenvalue weighted by Crippen LogP contribution is 2.31. The van der Waals surface area contributed by atoms with E-state index in [0.717, 1.165) is 31.6 Å². The zero-order valence-corrected chi connectivity index (χ0v) is 8.92. The maximum atomic E-state index is 13.2. The molecule has 1 aromatic rings. The second-order valence-electron chi connectivity index (χ2n) is 3.95. The average Bonchev–Trinajstić information content (AvgIpc) is 2.30. The summed E-state index contributed by atoms with van der Waals surface area (Å²) in [6.07, 6.45) is 1.79. The lowest BCUT2D eigenvalue weighted by molar-refractivity contribution is 0.0397. The van der Waals surface area contributed by atoms with Crippen molar-refractivity contribution in [1.82, 2.24) is 5.32 Å². The van der Waals surface area contributed by atoms with Gasteiger partial charge in [0.05, 0.1) is 0 Å². The molecule has 1 N–H and O–H groups in total. The minimum absolute atomic E-state index is 0.111. The normalized spacial score (nSPS) is 20.1. The molecule has 0 radical (unpaired) electrons. The molecule has 0 spiro atoms. The van der Waals surface area contributed by atoms with Crippen molar-refractivity contribution < 1.29 is 9.13 Å². The van der Waals surface area contributed by atoms with Crippen molar-refractivity contribution in [2.24, 2.45) is 0 Å². The van der Waals surface area contributed by atoms with E-state index < -0.39 is 0 Å². The highest BCUT2D eigenvalue weighted by atomic mass is 19.1. The van der Waals surface area contributed by atoms with E-state index in [1.54, 1.807) is 12.1 Å². The quantitative estimate of drug-likeness (QED) is 0.805. The van der Waals surface area contributed by atoms with Crippen molar-refractivity contribution >= 4 is 0 Å². The Hall–Kier alpha value is -0.930. The fraction of sp³-hybridized carbons (Fsp3) is 0.500. The van der Waals surface area contributed by atoms with Crippen molar-refractivity contribution in [3.05, 3.63) is 35.6 Å². The Morgan fingerprint density at radius 3 is 2.67 bits per heavy atom. The van der Waals surface area contributed by atoms with Gasteiger partial charge in [0.15, 0.2) is 0 Å². The predicted octanol–water partition coefficient (Wildman–Crippen LogP) is 2.05. The maximum absolute atomic E-state index is 13.2. The topological polar surface area (TPSA) is 21.3 Å². The van der Waals surface area contributed by atoms with Crippen molar-refractivity contribution in [2.45, 2.75) is 18.4 Å². The molecule has 3 heteroatoms. The third-order valence-corrected chi connectivity index (χ3v) is 3.20. The summed E-state index contributed by atoms with van der Waals surface area (Å²) < 4.78 is 18.5. The first-order valence-electron chi connectivity index (χ1n) is 5.29. The van der Waals surface area contributed by atoms with Crippen molar-refractivity contribution in [3.63, 3.8) is 0 Å². The Morgan fingerprint density at radius 1 is 1.33 bits per heavy atom. The zero-order valence-electron chi connectivity index (χ0n) is 8.92. The number of rotatable bonds is 2. The zero-order chi connectivity index (χ0) is 10.7. The standard InChI is InChI=1S/C12H16FNO/c1-14-12(5-7-15-8-6-12)10-3-2-4-11(13)9-10/h2-4,9,14H,5-8H2,1H3. The molecule has 1 aliphatic heterocycles. The summed E-state index contributed by atoms with van der Waals surface area (Å²) >= 11 is 0. The molecule has 1 aromatic carbocycles. The highest BCUT2D eigenvalue weighted by molar-refractivity contribution is 5.25. The Balaban J connectivity index is 2.32. The van der Waals surface area contributed by atoms with Crippen LogP contribution in [0.5, 0.6) is 0 Å². The van der Waals surface area contributed by atoms with Crippen molar-refractivity contribution in [1.29, 1.82) is 0 Å². The lowest BCUT2D eigenvalue weighted by Crippen LogP contribution is -2.44. The first-order chi connectivity index (χ1) is 7.27. The van der Waals surface area contributed by atoms with Crippen LogP contribution in [0.1, 0.15) is 18.4 Å². The van der Waals surface area contributed by atoms with E-state index in [4.69, 9.17) is 4.74 Å². The molecule has 2 rings (SSSR count). The van der Waals surface area contributed by atoms with Crippen LogP contribution in [0, 0.1) is 5.82 Å². The van der Waals surface area contributed by atoms with Crippen LogP contribution < -0.4 is 5.32 Å². The van der Waals surface area contributed by atoms with E-state index in [0.29, 0.717) is 0 Å². The van der Waals surface area contributed by atoms with Crippen LogP contribution >= 0.6 is 0 Å². The van der Waals surface area contributed by atoms with E-state index >= 15 is 0 Å². The largest absolute Gasteiger partial charge is 0.381 e. The third-order valence-electron chi connectivity index (χ3n) is 3.20. The van der Waals surface area contributed by atoms with Crippen LogP contribution in [0.4, 0.5) is 4.39 Å². The van der Waals surface area contributed by atoms with Gasteiger partial charge >= 0.3 is 0 Å². The summed E-state index contributed by atoms with van der Waals surface area (Å²) in [7, 11) is 1.93. The van der Waals surface area contributed by atoms with E-state index in [1.807, 2.05) is 13.1 Å². The van der Waals surface area contributed by atoms with Gasteiger partial charge < -0.3 is 10.1 Å². The number of halogens is 1. The van der Waals surface area contributed by atoms with Gasteiger partial charge in [-0.25, -0.2) is 4.39 Å². The molecule has 0 unspecified atom stereocenters. The summed E-state index contributed by atoms with van der Waals surface area (Å²) in [6.45, 7) is 1.47. The third kappa shape index (κ3) is 2.03. The number of hydrogen-bond acceptors (Lipinski definition) is 2. The molecule has 0 aliphatic carbocycles. The van der Waals surface area contributed by atoms with Gasteiger partial charge in [-0.15, -0.1) is 0 Å². The molecule has 15 heavy (non-hydrogen) atoms. The van der Waals surface area contributed by atoms with Crippen LogP contribution in [0.25, 0.3) is 0 Å². The average molecular weight is 209 g/mol. The Bertz CT molecular complexity index is 334. The van der Waals surface area contributed by atoms with Gasteiger partial charge in [0.1, 0.15) is 5.82 Å². The van der Waals surface area contributed by atoms with Gasteiger partial charge in [-0.05, 0) is 37.6 Å². The number of nitrogens with one attached hydrogen (secondary N) is 1. The monoisotopic (exact) mass is 209 g/mol. The molecular formula is C12H16FNO. The summed E-state index contributed by atoms with van der Waals surface area (Å²) in [5.74, 6) is -0.173. The fourth-order valence-corrected chi connectivity index (χ4v) is 2.19. The summed E-state index contributed by atoms with van der Waals surface area (Å²) in [4.78, 5) is 0. The molecule has 1 aliphatic rings. The van der Waals surface area contributed by atoms with Gasteiger partial charge in [-0.3, -0.25) is 0 Å². The van der Waals surface area contributed by atoms with E-state index in [1.165, 1.54) is 6.07 Å². The second-order valence-corrected chi connectivity index (χ2v) is 3.95. The number of ether oxygens (including phenoxy) is 1. The minimum atomic E-state index is -0.173. The first kappa shape index (κ1) is 10.6. The molecule has 0 saturated carbocycles. The van der Waals surface area contributed by atoms with Gasteiger partial charge in [0.25, 0.3) is 0 Å². The van der Waals surface area contributed by atoms with Crippen LogP contribution in [0.3, 0.4) is 0 Å². The number of benzene rings is 1. The molecule has 1 fully saturated rings. The molecule has 82 valence electrons. The molecular weight excluding hydrogens is 193 g/mol. The van der Waals surface area contributed by atoms with Crippen LogP contribution in [-0.4, -0.2) is 20.3 Å². The van der Waals surface area contributed by atoms with Gasteiger partial charge in [0.2, 0.25) is 0 Å². The number of hydrogen-bond donors (Lipinski definition) is 1. The highest BCUT2D eigenvalue weighted by Gasteiger charge is 2.32. The van der Waals surface area contributed by atoms with Crippen LogP contribution in [0.15, 0.2) is 24.3 Å². The molecule has 0 bridgehead atoms. The first-order valence-corrected chi connectivity index (χ1v) is 5.29. The lowest BCUT2D eigenvalue weighted by Gasteiger charge is -2.37. The Morgan fingerprint density at radius 2 is 2.07 bits per heavy atom. The summed E-state index contributed by atoms with van der Waals surface area (Å²) in [5.41, 5.74) is 0.911. The predicted molar refractivity (Wildman–Crippen MR) is 57.2 cm³/mol. The molecule has 2 nitrogen and oxygen atoms in total. The van der Waals surface area contributed by atoms with E-state index in [-0.39, 0.29) is 11.4 Å². The lowest BCUT2D eigenvalue weighted by atomic mass is 9.83. The molecule has 1 heterocycles. The van der Waals surface area contributed by atoms with E-state index in [2.05, 4.69) is 5.32 Å². The molecule has 1 saturated heterocycles. The molecule has 0 amide bonds. The fourth-order valence-electron chi connectivity index (χ4n) is 2.19. The SMILES string of the molecule is CNC1(c2cccc(F)c2)CCOCC1. The minimum Gasteiger partial charge on any atom is -0.381 e. The Kier molecular flexibility index (Phi) is 3.03. The Labute approximate surface area is 89.4 Å². The van der Waals surface area contributed by atoms with Gasteiger partial charge in [0, 0.05) is 18.8 Å².